The second-order valence-electron chi connectivity index (χ2n) is 18.9. The van der Waals surface area contributed by atoms with Crippen molar-refractivity contribution in [2.24, 2.45) is 24.3 Å². The monoisotopic (exact) mass is 868 g/mol. The van der Waals surface area contributed by atoms with Crippen LogP contribution >= 0.6 is 0 Å². The summed E-state index contributed by atoms with van der Waals surface area (Å²) >= 11 is 0. The number of aromatic nitrogens is 3. The minimum absolute atomic E-state index is 0.0747. The van der Waals surface area contributed by atoms with Crippen molar-refractivity contribution in [3.63, 3.8) is 0 Å². The molecule has 2 aromatic carbocycles. The molecule has 4 N–H and O–H groups in total. The molecular weight excluding hydrogens is 818 g/mol. The quantitative estimate of drug-likeness (QED) is 0.124. The van der Waals surface area contributed by atoms with Crippen LogP contribution in [0.15, 0.2) is 48.5 Å². The average molecular weight is 869 g/mol. The molecule has 63 heavy (non-hydrogen) atoms. The van der Waals surface area contributed by atoms with Gasteiger partial charge in [-0.3, -0.25) is 34.2 Å². The number of rotatable bonds is 11. The number of nitrogens with one attached hydrogen (secondary N) is 3. The molecule has 1 spiro atoms. The van der Waals surface area contributed by atoms with Crippen LogP contribution in [-0.4, -0.2) is 91.2 Å². The molecule has 0 bridgehead atoms. The van der Waals surface area contributed by atoms with Gasteiger partial charge < -0.3 is 25.2 Å². The van der Waals surface area contributed by atoms with Gasteiger partial charge in [-0.05, 0) is 119 Å². The van der Waals surface area contributed by atoms with Gasteiger partial charge in [0.05, 0.1) is 27.8 Å². The van der Waals surface area contributed by atoms with E-state index in [1.54, 1.807) is 44.2 Å². The Morgan fingerprint density at radius 3 is 2.35 bits per heavy atom. The van der Waals surface area contributed by atoms with Crippen LogP contribution in [0.3, 0.4) is 0 Å². The number of aliphatic hydroxyl groups is 1. The van der Waals surface area contributed by atoms with Crippen molar-refractivity contribution < 1.29 is 42.3 Å². The van der Waals surface area contributed by atoms with Gasteiger partial charge >= 0.3 is 6.18 Å². The molecule has 2 aromatic heterocycles. The molecule has 4 aromatic rings. The number of fused-ring (bicyclic) bond motifs is 2. The van der Waals surface area contributed by atoms with Crippen LogP contribution in [0.4, 0.5) is 24.5 Å². The minimum Gasteiger partial charge on any atom is -0.386 e. The van der Waals surface area contributed by atoms with E-state index in [0.717, 1.165) is 80.1 Å². The first kappa shape index (κ1) is 42.6. The minimum atomic E-state index is -4.70. The summed E-state index contributed by atoms with van der Waals surface area (Å²) in [7, 11) is 1.93. The molecule has 1 atom stereocenters. The highest BCUT2D eigenvalue weighted by molar-refractivity contribution is 6.25. The fourth-order valence-corrected chi connectivity index (χ4v) is 10.8. The number of alkyl halides is 3. The number of piperidine rings is 1. The number of halogens is 3. The summed E-state index contributed by atoms with van der Waals surface area (Å²) in [6.45, 7) is 7.10. The summed E-state index contributed by atoms with van der Waals surface area (Å²) in [6, 6.07) is 10.8. The van der Waals surface area contributed by atoms with E-state index in [4.69, 9.17) is 4.98 Å². The molecule has 2 saturated heterocycles. The summed E-state index contributed by atoms with van der Waals surface area (Å²) in [4.78, 5) is 76.0. The average Bonchev–Trinajstić information content (AvgIpc) is 3.66. The zero-order chi connectivity index (χ0) is 44.6. The maximum atomic E-state index is 13.4. The lowest BCUT2D eigenvalue weighted by molar-refractivity contribution is -0.141. The highest BCUT2D eigenvalue weighted by atomic mass is 19.4. The van der Waals surface area contributed by atoms with Crippen molar-refractivity contribution in [3.8, 4) is 0 Å². The van der Waals surface area contributed by atoms with Gasteiger partial charge in [0.1, 0.15) is 23.3 Å². The van der Waals surface area contributed by atoms with E-state index in [1.165, 1.54) is 18.9 Å². The molecule has 332 valence electrons. The van der Waals surface area contributed by atoms with E-state index in [9.17, 15) is 42.3 Å². The van der Waals surface area contributed by atoms with E-state index >= 15 is 0 Å². The highest BCUT2D eigenvalue weighted by Crippen LogP contribution is 2.53. The fraction of sp³-hybridized carbons (Fsp3) is 0.500. The smallest absolute Gasteiger partial charge is 0.386 e. The summed E-state index contributed by atoms with van der Waals surface area (Å²) < 4.78 is 41.9. The molecular formula is C46H51F3N8O6. The topological polar surface area (TPSA) is 179 Å². The van der Waals surface area contributed by atoms with Crippen LogP contribution in [0, 0.1) is 17.3 Å². The van der Waals surface area contributed by atoms with Crippen LogP contribution in [0.25, 0.3) is 11.0 Å². The van der Waals surface area contributed by atoms with Crippen LogP contribution in [0.5, 0.6) is 0 Å². The lowest BCUT2D eigenvalue weighted by Crippen LogP contribution is -2.63. The van der Waals surface area contributed by atoms with Crippen molar-refractivity contribution in [2.75, 3.05) is 36.8 Å². The number of hydrogen-bond donors (Lipinski definition) is 4. The van der Waals surface area contributed by atoms with Gasteiger partial charge in [0.15, 0.2) is 0 Å². The Balaban J connectivity index is 0.747. The lowest BCUT2D eigenvalue weighted by Gasteiger charge is -2.60. The van der Waals surface area contributed by atoms with Crippen LogP contribution < -0.4 is 16.0 Å². The van der Waals surface area contributed by atoms with Gasteiger partial charge in [-0.25, -0.2) is 9.97 Å². The van der Waals surface area contributed by atoms with Crippen LogP contribution in [-0.2, 0) is 28.4 Å². The standard InChI is InChI=1S/C46H51F3N8O6/c1-44(2,63)29-18-33-35(19-32(29)53-40(59)31-8-5-9-36(51-31)46(47,48)49)55(3)39(52-33)27-12-10-25(11-13-27)22-56-23-45(24-56)20-26(21-45)16-17-50-30-7-4-6-28-38(30)43(62)57(42(28)61)34-14-15-37(58)54-41(34)60/h4-9,18-19,25-27,34,50,63H,10-17,20-24H2,1-3H3,(H,53,59)(H,54,58,60). The van der Waals surface area contributed by atoms with E-state index in [1.807, 2.05) is 11.6 Å². The van der Waals surface area contributed by atoms with Gasteiger partial charge in [-0.2, -0.15) is 13.2 Å². The first-order valence-electron chi connectivity index (χ1n) is 21.8. The van der Waals surface area contributed by atoms with Crippen molar-refractivity contribution in [2.45, 2.75) is 95.4 Å². The third-order valence-corrected chi connectivity index (χ3v) is 13.9. The zero-order valence-corrected chi connectivity index (χ0v) is 35.5. The number of likely N-dealkylation sites (tertiary alicyclic amines) is 1. The Kier molecular flexibility index (Phi) is 10.7. The second-order valence-corrected chi connectivity index (χ2v) is 18.9. The molecule has 14 nitrogen and oxygen atoms in total. The third-order valence-electron chi connectivity index (χ3n) is 13.9. The molecule has 9 rings (SSSR count). The van der Waals surface area contributed by atoms with Gasteiger partial charge in [0.25, 0.3) is 17.7 Å². The summed E-state index contributed by atoms with van der Waals surface area (Å²) in [5.41, 5.74) is 0.631. The number of pyridine rings is 1. The molecule has 2 saturated carbocycles. The lowest BCUT2D eigenvalue weighted by atomic mass is 9.57. The Morgan fingerprint density at radius 1 is 0.921 bits per heavy atom. The van der Waals surface area contributed by atoms with Gasteiger partial charge in [0.2, 0.25) is 11.8 Å². The van der Waals surface area contributed by atoms with Crippen molar-refractivity contribution in [1.82, 2.24) is 29.7 Å². The SMILES string of the molecule is Cn1c(C2CCC(CN3CC4(CC(CCNc5cccc6c5C(=O)N(C5CCC(=O)NC5=O)C6=O)C4)C3)CC2)nc2cc(C(C)(C)O)c(NC(=O)c3cccc(C(F)(F)F)n3)cc21. The summed E-state index contributed by atoms with van der Waals surface area (Å²) in [5.74, 6) is -0.534. The Hall–Kier alpha value is -5.68. The van der Waals surface area contributed by atoms with Crippen molar-refractivity contribution >= 4 is 51.9 Å². The van der Waals surface area contributed by atoms with Crippen LogP contribution in [0.1, 0.15) is 126 Å². The molecule has 5 aliphatic rings. The number of imidazole rings is 1. The number of anilines is 2. The van der Waals surface area contributed by atoms with E-state index in [2.05, 4.69) is 25.8 Å². The molecule has 4 fully saturated rings. The van der Waals surface area contributed by atoms with Crippen LogP contribution in [0.2, 0.25) is 0 Å². The largest absolute Gasteiger partial charge is 0.433 e. The second kappa shape index (κ2) is 15.8. The number of nitrogens with zero attached hydrogens (tertiary/aromatic N) is 5. The zero-order valence-electron chi connectivity index (χ0n) is 35.5. The number of carbonyl (C=O) groups is 5. The molecule has 3 aliphatic heterocycles. The molecule has 1 unspecified atom stereocenters. The van der Waals surface area contributed by atoms with Crippen molar-refractivity contribution in [1.29, 1.82) is 0 Å². The molecule has 5 amide bonds. The molecule has 17 heteroatoms. The molecule has 2 aliphatic carbocycles. The normalized spacial score (nSPS) is 22.8. The number of imide groups is 2. The summed E-state index contributed by atoms with van der Waals surface area (Å²) in [5, 5.41) is 19.4. The molecule has 0 radical (unpaired) electrons. The van der Waals surface area contributed by atoms with E-state index < -0.39 is 53.0 Å². The maximum Gasteiger partial charge on any atom is 0.433 e. The van der Waals surface area contributed by atoms with Gasteiger partial charge in [0, 0.05) is 62.5 Å². The number of carbonyl (C=O) groups excluding carboxylic acids is 5. The number of hydrogen-bond acceptors (Lipinski definition) is 10. The van der Waals surface area contributed by atoms with E-state index in [-0.39, 0.29) is 41.3 Å². The fourth-order valence-electron chi connectivity index (χ4n) is 10.8. The van der Waals surface area contributed by atoms with Gasteiger partial charge in [-0.1, -0.05) is 12.1 Å². The van der Waals surface area contributed by atoms with E-state index in [0.29, 0.717) is 40.6 Å². The maximum absolute atomic E-state index is 13.4. The number of aryl methyl sites for hydroxylation is 1. The number of amides is 5. The van der Waals surface area contributed by atoms with Crippen molar-refractivity contribution in [3.05, 3.63) is 82.4 Å². The summed E-state index contributed by atoms with van der Waals surface area (Å²) in [6.07, 6.45) is 2.90. The first-order chi connectivity index (χ1) is 29.9. The van der Waals surface area contributed by atoms with Gasteiger partial charge in [-0.15, -0.1) is 0 Å². The third kappa shape index (κ3) is 8.09. The Bertz CT molecular complexity index is 2530. The Morgan fingerprint density at radius 2 is 1.65 bits per heavy atom. The first-order valence-corrected chi connectivity index (χ1v) is 21.8. The highest BCUT2D eigenvalue weighted by Gasteiger charge is 2.52. The predicted molar refractivity (Wildman–Crippen MR) is 226 cm³/mol. The molecule has 5 heterocycles. The Labute approximate surface area is 362 Å². The number of benzene rings is 2. The predicted octanol–water partition coefficient (Wildman–Crippen LogP) is 6.36.